The van der Waals surface area contributed by atoms with Crippen molar-refractivity contribution in [1.29, 1.82) is 0 Å². The molecule has 7 heteroatoms. The standard InChI is InChI=1S/C20H34N4OS.HI/c1-3-21-19(23-16-20(2)9-6-11-25-20)22-13-17-7-4-10-24(14-17)15-18-8-5-12-26-18;/h5,8,12,17H,3-4,6-7,9-11,13-16H2,1-2H3,(H2,21,22,23);1H. The first-order valence-electron chi connectivity index (χ1n) is 10.1. The van der Waals surface area contributed by atoms with E-state index in [0.29, 0.717) is 5.92 Å². The predicted molar refractivity (Wildman–Crippen MR) is 125 cm³/mol. The molecule has 0 amide bonds. The first-order valence-corrected chi connectivity index (χ1v) is 11.0. The van der Waals surface area contributed by atoms with Crippen molar-refractivity contribution in [2.75, 3.05) is 39.3 Å². The van der Waals surface area contributed by atoms with Crippen LogP contribution in [0.15, 0.2) is 22.5 Å². The summed E-state index contributed by atoms with van der Waals surface area (Å²) < 4.78 is 5.86. The largest absolute Gasteiger partial charge is 0.373 e. The third-order valence-electron chi connectivity index (χ3n) is 5.34. The molecule has 154 valence electrons. The summed E-state index contributed by atoms with van der Waals surface area (Å²) in [7, 11) is 0. The van der Waals surface area contributed by atoms with Crippen molar-refractivity contribution in [2.24, 2.45) is 10.9 Å². The molecule has 2 N–H and O–H groups in total. The van der Waals surface area contributed by atoms with Crippen molar-refractivity contribution < 1.29 is 4.74 Å². The Labute approximate surface area is 185 Å². The van der Waals surface area contributed by atoms with Crippen molar-refractivity contribution in [3.63, 3.8) is 0 Å². The Balaban J connectivity index is 0.00000261. The van der Waals surface area contributed by atoms with Crippen LogP contribution in [0.4, 0.5) is 0 Å². The Hall–Kier alpha value is -0.380. The van der Waals surface area contributed by atoms with Gasteiger partial charge in [-0.15, -0.1) is 35.3 Å². The van der Waals surface area contributed by atoms with E-state index >= 15 is 0 Å². The average Bonchev–Trinajstić information content (AvgIpc) is 3.30. The van der Waals surface area contributed by atoms with Crippen LogP contribution in [0.5, 0.6) is 0 Å². The van der Waals surface area contributed by atoms with Gasteiger partial charge in [-0.1, -0.05) is 6.07 Å². The number of piperidine rings is 1. The zero-order valence-electron chi connectivity index (χ0n) is 16.7. The molecule has 5 nitrogen and oxygen atoms in total. The maximum Gasteiger partial charge on any atom is 0.191 e. The van der Waals surface area contributed by atoms with Crippen molar-refractivity contribution in [3.8, 4) is 0 Å². The fourth-order valence-corrected chi connectivity index (χ4v) is 4.62. The minimum atomic E-state index is -0.0787. The van der Waals surface area contributed by atoms with Crippen molar-refractivity contribution in [1.82, 2.24) is 15.5 Å². The van der Waals surface area contributed by atoms with Crippen LogP contribution in [-0.2, 0) is 11.3 Å². The molecule has 0 spiro atoms. The molecule has 0 saturated carbocycles. The number of hydrogen-bond acceptors (Lipinski definition) is 4. The van der Waals surface area contributed by atoms with Crippen molar-refractivity contribution in [2.45, 2.75) is 51.7 Å². The number of ether oxygens (including phenoxy) is 1. The highest BCUT2D eigenvalue weighted by Gasteiger charge is 2.29. The molecule has 0 aliphatic carbocycles. The number of likely N-dealkylation sites (tertiary alicyclic amines) is 1. The number of halogens is 1. The summed E-state index contributed by atoms with van der Waals surface area (Å²) >= 11 is 1.86. The molecule has 2 unspecified atom stereocenters. The first-order chi connectivity index (χ1) is 12.7. The molecule has 27 heavy (non-hydrogen) atoms. The monoisotopic (exact) mass is 506 g/mol. The molecule has 0 aromatic carbocycles. The van der Waals surface area contributed by atoms with E-state index in [-0.39, 0.29) is 29.6 Å². The Morgan fingerprint density at radius 1 is 1.41 bits per heavy atom. The minimum absolute atomic E-state index is 0. The van der Waals surface area contributed by atoms with E-state index in [4.69, 9.17) is 9.73 Å². The summed E-state index contributed by atoms with van der Waals surface area (Å²) in [4.78, 5) is 8.86. The van der Waals surface area contributed by atoms with E-state index in [2.05, 4.69) is 46.9 Å². The Morgan fingerprint density at radius 2 is 2.30 bits per heavy atom. The van der Waals surface area contributed by atoms with Gasteiger partial charge in [-0.25, -0.2) is 0 Å². The lowest BCUT2D eigenvalue weighted by molar-refractivity contribution is 0.0283. The summed E-state index contributed by atoms with van der Waals surface area (Å²) in [6, 6.07) is 4.39. The maximum atomic E-state index is 5.86. The number of nitrogens with one attached hydrogen (secondary N) is 2. The van der Waals surface area contributed by atoms with E-state index in [1.54, 1.807) is 0 Å². The van der Waals surface area contributed by atoms with E-state index < -0.39 is 0 Å². The van der Waals surface area contributed by atoms with E-state index in [9.17, 15) is 0 Å². The van der Waals surface area contributed by atoms with Gasteiger partial charge in [0.25, 0.3) is 0 Å². The number of aliphatic imine (C=N–C) groups is 1. The molecular formula is C20H35IN4OS. The lowest BCUT2D eigenvalue weighted by Crippen LogP contribution is -2.44. The zero-order valence-corrected chi connectivity index (χ0v) is 19.9. The van der Waals surface area contributed by atoms with Gasteiger partial charge in [0, 0.05) is 37.7 Å². The lowest BCUT2D eigenvalue weighted by Gasteiger charge is -2.32. The molecule has 2 saturated heterocycles. The van der Waals surface area contributed by atoms with Gasteiger partial charge in [-0.05, 0) is 63.4 Å². The molecular weight excluding hydrogens is 471 g/mol. The second-order valence-electron chi connectivity index (χ2n) is 7.80. The third kappa shape index (κ3) is 7.51. The molecule has 0 bridgehead atoms. The highest BCUT2D eigenvalue weighted by Crippen LogP contribution is 2.25. The molecule has 3 rings (SSSR count). The van der Waals surface area contributed by atoms with Crippen LogP contribution in [-0.4, -0.2) is 55.8 Å². The van der Waals surface area contributed by atoms with Crippen LogP contribution in [0.3, 0.4) is 0 Å². The third-order valence-corrected chi connectivity index (χ3v) is 6.20. The fraction of sp³-hybridized carbons (Fsp3) is 0.750. The highest BCUT2D eigenvalue weighted by molar-refractivity contribution is 14.0. The summed E-state index contributed by atoms with van der Waals surface area (Å²) in [6.45, 7) is 11.3. The maximum absolute atomic E-state index is 5.86. The van der Waals surface area contributed by atoms with E-state index in [1.807, 2.05) is 11.3 Å². The van der Waals surface area contributed by atoms with Crippen LogP contribution >= 0.6 is 35.3 Å². The molecule has 2 fully saturated rings. The Bertz CT molecular complexity index is 560. The minimum Gasteiger partial charge on any atom is -0.373 e. The number of thiophene rings is 1. The second-order valence-corrected chi connectivity index (χ2v) is 8.83. The predicted octanol–water partition coefficient (Wildman–Crippen LogP) is 3.70. The lowest BCUT2D eigenvalue weighted by atomic mass is 9.98. The van der Waals surface area contributed by atoms with Crippen molar-refractivity contribution in [3.05, 3.63) is 22.4 Å². The van der Waals surface area contributed by atoms with Gasteiger partial charge in [-0.2, -0.15) is 0 Å². The van der Waals surface area contributed by atoms with Gasteiger partial charge >= 0.3 is 0 Å². The smallest absolute Gasteiger partial charge is 0.191 e. The SMILES string of the molecule is CCNC(=NCC1(C)CCCO1)NCC1CCCN(Cc2cccs2)C1.I. The van der Waals surface area contributed by atoms with E-state index in [0.717, 1.165) is 51.6 Å². The molecule has 3 heterocycles. The van der Waals surface area contributed by atoms with Crippen molar-refractivity contribution >= 4 is 41.3 Å². The van der Waals surface area contributed by atoms with Gasteiger partial charge in [-0.3, -0.25) is 9.89 Å². The van der Waals surface area contributed by atoms with Gasteiger partial charge < -0.3 is 15.4 Å². The molecule has 1 aromatic rings. The molecule has 2 aliphatic rings. The number of rotatable bonds is 7. The van der Waals surface area contributed by atoms with Gasteiger partial charge in [0.15, 0.2) is 5.96 Å². The fourth-order valence-electron chi connectivity index (χ4n) is 3.88. The van der Waals surface area contributed by atoms with E-state index in [1.165, 1.54) is 30.8 Å². The van der Waals surface area contributed by atoms with Crippen LogP contribution in [0.25, 0.3) is 0 Å². The first kappa shape index (κ1) is 22.9. The highest BCUT2D eigenvalue weighted by atomic mass is 127. The molecule has 2 aliphatic heterocycles. The molecule has 1 aromatic heterocycles. The summed E-state index contributed by atoms with van der Waals surface area (Å²) in [5.74, 6) is 1.62. The van der Waals surface area contributed by atoms with Crippen LogP contribution in [0, 0.1) is 5.92 Å². The van der Waals surface area contributed by atoms with Gasteiger partial charge in [0.2, 0.25) is 0 Å². The van der Waals surface area contributed by atoms with Gasteiger partial charge in [0.05, 0.1) is 12.1 Å². The number of hydrogen-bond donors (Lipinski definition) is 2. The normalized spacial score (nSPS) is 26.6. The zero-order chi connectivity index (χ0) is 18.2. The number of nitrogens with zero attached hydrogens (tertiary/aromatic N) is 2. The number of guanidine groups is 1. The molecule has 0 radical (unpaired) electrons. The summed E-state index contributed by atoms with van der Waals surface area (Å²) in [5.41, 5.74) is -0.0787. The average molecular weight is 506 g/mol. The Kier molecular flexibility index (Phi) is 9.82. The topological polar surface area (TPSA) is 48.9 Å². The summed E-state index contributed by atoms with van der Waals surface area (Å²) in [6.07, 6.45) is 4.85. The molecule has 2 atom stereocenters. The summed E-state index contributed by atoms with van der Waals surface area (Å²) in [5, 5.41) is 9.13. The van der Waals surface area contributed by atoms with Gasteiger partial charge in [0.1, 0.15) is 0 Å². The van der Waals surface area contributed by atoms with Crippen LogP contribution in [0.2, 0.25) is 0 Å². The van der Waals surface area contributed by atoms with Crippen LogP contribution in [0.1, 0.15) is 44.4 Å². The Morgan fingerprint density at radius 3 is 3.00 bits per heavy atom. The second kappa shape index (κ2) is 11.6. The van der Waals surface area contributed by atoms with Crippen LogP contribution < -0.4 is 10.6 Å². The quantitative estimate of drug-likeness (QED) is 0.337.